The van der Waals surface area contributed by atoms with E-state index >= 15 is 0 Å². The van der Waals surface area contributed by atoms with Crippen LogP contribution in [0.1, 0.15) is 5.56 Å². The van der Waals surface area contributed by atoms with E-state index < -0.39 is 15.5 Å². The minimum absolute atomic E-state index is 0.380. The topological polar surface area (TPSA) is 39.2 Å². The molecule has 0 N–H and O–H groups in total. The maximum atomic E-state index is 12.4. The highest BCUT2D eigenvalue weighted by Gasteiger charge is 2.45. The van der Waals surface area contributed by atoms with Crippen LogP contribution in [0.25, 0.3) is 0 Å². The molecule has 6 heteroatoms. The second-order valence-corrected chi connectivity index (χ2v) is 6.94. The van der Waals surface area contributed by atoms with E-state index in [1.807, 2.05) is 18.4 Å². The predicted octanol–water partition coefficient (Wildman–Crippen LogP) is 1.75. The lowest BCUT2D eigenvalue weighted by Crippen LogP contribution is -2.47. The zero-order valence-electron chi connectivity index (χ0n) is 9.42. The van der Waals surface area contributed by atoms with E-state index in [1.54, 1.807) is 12.4 Å². The molecule has 1 aromatic heterocycles. The summed E-state index contributed by atoms with van der Waals surface area (Å²) in [4.78, 5) is 4.10. The van der Waals surface area contributed by atoms with Crippen molar-refractivity contribution in [2.24, 2.45) is 0 Å². The van der Waals surface area contributed by atoms with Gasteiger partial charge in [-0.25, -0.2) is 0 Å². The van der Waals surface area contributed by atoms with E-state index in [-0.39, 0.29) is 0 Å². The number of ether oxygens (including phenoxy) is 1. The van der Waals surface area contributed by atoms with Crippen LogP contribution in [0.4, 0.5) is 0 Å². The third-order valence-corrected chi connectivity index (χ3v) is 6.45. The van der Waals surface area contributed by atoms with Gasteiger partial charge < -0.3 is 4.74 Å². The minimum Gasteiger partial charge on any atom is -0.378 e. The lowest BCUT2D eigenvalue weighted by atomic mass is 10.0. The molecule has 17 heavy (non-hydrogen) atoms. The third kappa shape index (κ3) is 2.31. The van der Waals surface area contributed by atoms with Crippen LogP contribution in [-0.4, -0.2) is 38.6 Å². The summed E-state index contributed by atoms with van der Waals surface area (Å²) in [6.45, 7) is 0.913. The number of thiocarbonyl (C=S) groups is 1. The standard InChI is InChI=1S/C11H13NO2S3/c1-16-10(15)11(8-14-5-6-17(11)13)9-3-2-4-12-7-9/h2-4,7H,5-6,8H2,1H3/t11-,17+/m0/s1. The summed E-state index contributed by atoms with van der Waals surface area (Å²) < 4.78 is 18.0. The van der Waals surface area contributed by atoms with Gasteiger partial charge in [-0.15, -0.1) is 11.8 Å². The highest BCUT2D eigenvalue weighted by Crippen LogP contribution is 2.36. The van der Waals surface area contributed by atoms with Gasteiger partial charge in [0.15, 0.2) is 0 Å². The fourth-order valence-electron chi connectivity index (χ4n) is 1.84. The molecule has 0 amide bonds. The molecule has 2 rings (SSSR count). The van der Waals surface area contributed by atoms with Crippen molar-refractivity contribution in [2.75, 3.05) is 25.2 Å². The van der Waals surface area contributed by atoms with Crippen molar-refractivity contribution in [1.82, 2.24) is 4.98 Å². The molecule has 1 aromatic rings. The Morgan fingerprint density at radius 2 is 2.53 bits per heavy atom. The van der Waals surface area contributed by atoms with E-state index in [0.29, 0.717) is 23.2 Å². The van der Waals surface area contributed by atoms with Gasteiger partial charge in [-0.1, -0.05) is 18.3 Å². The number of nitrogens with zero attached hydrogens (tertiary/aromatic N) is 1. The smallest absolute Gasteiger partial charge is 0.136 e. The Morgan fingerprint density at radius 1 is 1.71 bits per heavy atom. The average Bonchev–Trinajstić information content (AvgIpc) is 2.39. The maximum Gasteiger partial charge on any atom is 0.136 e. The summed E-state index contributed by atoms with van der Waals surface area (Å²) in [5.74, 6) is 0.523. The van der Waals surface area contributed by atoms with Gasteiger partial charge >= 0.3 is 0 Å². The Morgan fingerprint density at radius 3 is 3.12 bits per heavy atom. The second-order valence-electron chi connectivity index (χ2n) is 3.66. The molecule has 0 unspecified atom stereocenters. The second kappa shape index (κ2) is 5.56. The third-order valence-electron chi connectivity index (χ3n) is 2.75. The highest BCUT2D eigenvalue weighted by atomic mass is 32.2. The van der Waals surface area contributed by atoms with Crippen molar-refractivity contribution in [3.63, 3.8) is 0 Å². The number of rotatable bonds is 2. The Hall–Kier alpha value is -0.300. The van der Waals surface area contributed by atoms with Gasteiger partial charge in [0.05, 0.1) is 17.4 Å². The fourth-order valence-corrected chi connectivity index (χ4v) is 4.73. The SMILES string of the molecule is CSC(=S)[C@@]1(c2cccnc2)COCC[S@]1=O. The Bertz CT molecular complexity index is 428. The first-order valence-corrected chi connectivity index (χ1v) is 8.12. The van der Waals surface area contributed by atoms with Crippen LogP contribution in [0, 0.1) is 0 Å². The monoisotopic (exact) mass is 287 g/mol. The molecule has 2 atom stereocenters. The molecule has 3 nitrogen and oxygen atoms in total. The van der Waals surface area contributed by atoms with Crippen LogP contribution in [-0.2, 0) is 20.3 Å². The van der Waals surface area contributed by atoms with Crippen molar-refractivity contribution in [2.45, 2.75) is 4.75 Å². The molecule has 1 fully saturated rings. The Balaban J connectivity index is 2.50. The van der Waals surface area contributed by atoms with Crippen LogP contribution >= 0.6 is 24.0 Å². The molecule has 0 bridgehead atoms. The van der Waals surface area contributed by atoms with E-state index in [1.165, 1.54) is 11.8 Å². The van der Waals surface area contributed by atoms with Crippen LogP contribution in [0.5, 0.6) is 0 Å². The zero-order valence-corrected chi connectivity index (χ0v) is 11.9. The highest BCUT2D eigenvalue weighted by molar-refractivity contribution is 8.24. The lowest BCUT2D eigenvalue weighted by molar-refractivity contribution is 0.129. The molecule has 0 spiro atoms. The number of hydrogen-bond acceptors (Lipinski definition) is 5. The first-order valence-electron chi connectivity index (χ1n) is 5.17. The van der Waals surface area contributed by atoms with E-state index in [4.69, 9.17) is 17.0 Å². The molecule has 0 saturated carbocycles. The molecular weight excluding hydrogens is 274 g/mol. The van der Waals surface area contributed by atoms with Crippen molar-refractivity contribution >= 4 is 39.0 Å². The Labute approximate surface area is 113 Å². The quantitative estimate of drug-likeness (QED) is 0.775. The lowest BCUT2D eigenvalue weighted by Gasteiger charge is -2.36. The van der Waals surface area contributed by atoms with Gasteiger partial charge in [0.2, 0.25) is 0 Å². The van der Waals surface area contributed by atoms with Crippen molar-refractivity contribution in [1.29, 1.82) is 0 Å². The largest absolute Gasteiger partial charge is 0.378 e. The molecule has 92 valence electrons. The molecule has 2 heterocycles. The molecule has 1 saturated heterocycles. The first-order chi connectivity index (χ1) is 8.21. The van der Waals surface area contributed by atoms with Gasteiger partial charge in [0, 0.05) is 28.9 Å². The van der Waals surface area contributed by atoms with Crippen LogP contribution in [0.3, 0.4) is 0 Å². The summed E-state index contributed by atoms with van der Waals surface area (Å²) in [6.07, 6.45) is 5.34. The van der Waals surface area contributed by atoms with E-state index in [9.17, 15) is 4.21 Å². The van der Waals surface area contributed by atoms with Gasteiger partial charge in [-0.05, 0) is 17.9 Å². The predicted molar refractivity (Wildman–Crippen MR) is 75.9 cm³/mol. The van der Waals surface area contributed by atoms with Crippen molar-refractivity contribution in [3.8, 4) is 0 Å². The first kappa shape index (κ1) is 13.1. The molecule has 0 aliphatic carbocycles. The number of hydrogen-bond donors (Lipinski definition) is 0. The summed E-state index contributed by atoms with van der Waals surface area (Å²) in [6, 6.07) is 3.76. The number of pyridine rings is 1. The normalized spacial score (nSPS) is 28.9. The van der Waals surface area contributed by atoms with Gasteiger partial charge in [-0.3, -0.25) is 9.19 Å². The van der Waals surface area contributed by atoms with Crippen molar-refractivity contribution in [3.05, 3.63) is 30.1 Å². The molecule has 1 aliphatic heterocycles. The summed E-state index contributed by atoms with van der Waals surface area (Å²) >= 11 is 6.87. The molecule has 0 radical (unpaired) electrons. The van der Waals surface area contributed by atoms with E-state index in [2.05, 4.69) is 4.98 Å². The summed E-state index contributed by atoms with van der Waals surface area (Å²) in [7, 11) is -1.04. The molecular formula is C11H13NO2S3. The van der Waals surface area contributed by atoms with Crippen LogP contribution in [0.2, 0.25) is 0 Å². The van der Waals surface area contributed by atoms with Crippen LogP contribution in [0.15, 0.2) is 24.5 Å². The van der Waals surface area contributed by atoms with Gasteiger partial charge in [0.1, 0.15) is 4.75 Å². The van der Waals surface area contributed by atoms with Crippen molar-refractivity contribution < 1.29 is 8.95 Å². The average molecular weight is 287 g/mol. The number of aromatic nitrogens is 1. The number of thioether (sulfide) groups is 1. The van der Waals surface area contributed by atoms with Gasteiger partial charge in [-0.2, -0.15) is 0 Å². The Kier molecular flexibility index (Phi) is 4.30. The van der Waals surface area contributed by atoms with E-state index in [0.717, 1.165) is 5.56 Å². The van der Waals surface area contributed by atoms with Crippen LogP contribution < -0.4 is 0 Å². The summed E-state index contributed by atoms with van der Waals surface area (Å²) in [5, 5.41) is 0. The molecule has 0 aromatic carbocycles. The molecule has 1 aliphatic rings. The van der Waals surface area contributed by atoms with Gasteiger partial charge in [0.25, 0.3) is 0 Å². The zero-order chi connectivity index (χ0) is 12.3. The summed E-state index contributed by atoms with van der Waals surface area (Å²) in [5.41, 5.74) is 0.886. The minimum atomic E-state index is -1.04. The fraction of sp³-hybridized carbons (Fsp3) is 0.455. The maximum absolute atomic E-state index is 12.4.